The molecule has 1 aromatic carbocycles. The molecule has 0 bridgehead atoms. The minimum absolute atomic E-state index is 0.213. The molecule has 2 atom stereocenters. The minimum atomic E-state index is -1.26. The third kappa shape index (κ3) is 2.80. The summed E-state index contributed by atoms with van der Waals surface area (Å²) in [6, 6.07) is 9.26. The Morgan fingerprint density at radius 1 is 1.36 bits per heavy atom. The molecule has 0 aliphatic carbocycles. The Balaban J connectivity index is 2.75. The molecule has 1 rings (SSSR count). The predicted octanol–water partition coefficient (Wildman–Crippen LogP) is 0.775. The molecule has 0 aliphatic heterocycles. The van der Waals surface area contributed by atoms with Gasteiger partial charge in [0.25, 0.3) is 0 Å². The maximum Gasteiger partial charge on any atom is 0.139 e. The molecule has 1 aromatic rings. The molecule has 78 valence electrons. The van der Waals surface area contributed by atoms with E-state index in [9.17, 15) is 5.11 Å². The first-order valence-corrected chi connectivity index (χ1v) is 4.83. The molecular formula is C11H18N2O. The van der Waals surface area contributed by atoms with Crippen LogP contribution in [-0.4, -0.2) is 11.7 Å². The summed E-state index contributed by atoms with van der Waals surface area (Å²) >= 11 is 0. The normalized spacial score (nSPS) is 17.4. The molecule has 3 nitrogen and oxygen atoms in total. The van der Waals surface area contributed by atoms with Gasteiger partial charge in [0.15, 0.2) is 0 Å². The van der Waals surface area contributed by atoms with Gasteiger partial charge >= 0.3 is 0 Å². The first-order chi connectivity index (χ1) is 6.56. The molecule has 14 heavy (non-hydrogen) atoms. The van der Waals surface area contributed by atoms with Crippen molar-refractivity contribution >= 4 is 0 Å². The molecule has 0 fully saturated rings. The average molecular weight is 194 g/mol. The molecule has 0 radical (unpaired) electrons. The number of hydrogen-bond donors (Lipinski definition) is 3. The fourth-order valence-electron chi connectivity index (χ4n) is 1.46. The predicted molar refractivity (Wildman–Crippen MR) is 57.4 cm³/mol. The van der Waals surface area contributed by atoms with Gasteiger partial charge in [0.1, 0.15) is 5.72 Å². The molecule has 0 saturated heterocycles. The van der Waals surface area contributed by atoms with E-state index < -0.39 is 5.72 Å². The van der Waals surface area contributed by atoms with Gasteiger partial charge in [-0.15, -0.1) is 0 Å². The minimum Gasteiger partial charge on any atom is -0.372 e. The van der Waals surface area contributed by atoms with Crippen LogP contribution in [0.2, 0.25) is 0 Å². The van der Waals surface area contributed by atoms with Gasteiger partial charge in [0.05, 0.1) is 0 Å². The van der Waals surface area contributed by atoms with Crippen LogP contribution >= 0.6 is 0 Å². The highest BCUT2D eigenvalue weighted by atomic mass is 16.3. The summed E-state index contributed by atoms with van der Waals surface area (Å²) in [6.07, 6.45) is 0.480. The number of benzene rings is 1. The van der Waals surface area contributed by atoms with E-state index in [-0.39, 0.29) is 5.92 Å². The van der Waals surface area contributed by atoms with Gasteiger partial charge < -0.3 is 10.8 Å². The number of aliphatic hydroxyl groups is 1. The van der Waals surface area contributed by atoms with E-state index in [0.29, 0.717) is 13.0 Å². The molecule has 5 N–H and O–H groups in total. The van der Waals surface area contributed by atoms with Gasteiger partial charge in [-0.05, 0) is 24.4 Å². The number of hydrogen-bond acceptors (Lipinski definition) is 3. The summed E-state index contributed by atoms with van der Waals surface area (Å²) in [5, 5.41) is 10.0. The molecule has 0 amide bonds. The second-order valence-electron chi connectivity index (χ2n) is 3.84. The lowest BCUT2D eigenvalue weighted by molar-refractivity contribution is 0.0206. The summed E-state index contributed by atoms with van der Waals surface area (Å²) in [4.78, 5) is 0. The van der Waals surface area contributed by atoms with Crippen molar-refractivity contribution in [3.05, 3.63) is 35.9 Å². The number of nitrogens with two attached hydrogens (primary N) is 2. The Hall–Kier alpha value is -0.900. The van der Waals surface area contributed by atoms with Gasteiger partial charge in [-0.3, -0.25) is 5.73 Å². The van der Waals surface area contributed by atoms with Crippen molar-refractivity contribution in [1.82, 2.24) is 0 Å². The molecule has 0 saturated carbocycles. The lowest BCUT2D eigenvalue weighted by Crippen LogP contribution is -2.39. The van der Waals surface area contributed by atoms with Crippen LogP contribution in [-0.2, 0) is 5.72 Å². The fourth-order valence-corrected chi connectivity index (χ4v) is 1.46. The first kappa shape index (κ1) is 11.2. The standard InChI is InChI=1S/C11H18N2O/c1-9(8-12)7-11(13,14)10-5-3-2-4-6-10/h2-6,9,14H,7-8,12-13H2,1H3/t9-,11-/m1/s1. The van der Waals surface area contributed by atoms with E-state index in [4.69, 9.17) is 11.5 Å². The monoisotopic (exact) mass is 194 g/mol. The van der Waals surface area contributed by atoms with E-state index in [1.54, 1.807) is 0 Å². The highest BCUT2D eigenvalue weighted by Gasteiger charge is 2.25. The van der Waals surface area contributed by atoms with Crippen molar-refractivity contribution in [3.63, 3.8) is 0 Å². The molecular weight excluding hydrogens is 176 g/mol. The smallest absolute Gasteiger partial charge is 0.139 e. The topological polar surface area (TPSA) is 72.3 Å². The SMILES string of the molecule is C[C@@H](CN)C[C@@](N)(O)c1ccccc1. The van der Waals surface area contributed by atoms with Crippen LogP contribution in [0.15, 0.2) is 30.3 Å². The van der Waals surface area contributed by atoms with Gasteiger partial charge in [-0.1, -0.05) is 37.3 Å². The fraction of sp³-hybridized carbons (Fsp3) is 0.455. The molecule has 0 heterocycles. The second-order valence-corrected chi connectivity index (χ2v) is 3.84. The Kier molecular flexibility index (Phi) is 3.63. The highest BCUT2D eigenvalue weighted by Crippen LogP contribution is 2.22. The average Bonchev–Trinajstić information content (AvgIpc) is 2.18. The molecule has 0 spiro atoms. The Labute approximate surface area is 84.7 Å². The summed E-state index contributed by atoms with van der Waals surface area (Å²) < 4.78 is 0. The second kappa shape index (κ2) is 4.55. The third-order valence-electron chi connectivity index (χ3n) is 2.34. The van der Waals surface area contributed by atoms with E-state index in [2.05, 4.69) is 0 Å². The molecule has 0 aromatic heterocycles. The zero-order valence-corrected chi connectivity index (χ0v) is 8.48. The van der Waals surface area contributed by atoms with Gasteiger partial charge in [0.2, 0.25) is 0 Å². The van der Waals surface area contributed by atoms with Crippen LogP contribution < -0.4 is 11.5 Å². The Morgan fingerprint density at radius 3 is 2.43 bits per heavy atom. The van der Waals surface area contributed by atoms with Crippen LogP contribution in [0.5, 0.6) is 0 Å². The van der Waals surface area contributed by atoms with E-state index in [1.807, 2.05) is 37.3 Å². The largest absolute Gasteiger partial charge is 0.372 e. The summed E-state index contributed by atoms with van der Waals surface area (Å²) in [5.41, 5.74) is 10.8. The van der Waals surface area contributed by atoms with Crippen LogP contribution in [0.3, 0.4) is 0 Å². The lowest BCUT2D eigenvalue weighted by Gasteiger charge is -2.26. The van der Waals surface area contributed by atoms with Crippen LogP contribution in [0.1, 0.15) is 18.9 Å². The van der Waals surface area contributed by atoms with Gasteiger partial charge in [-0.2, -0.15) is 0 Å². The van der Waals surface area contributed by atoms with Crippen molar-refractivity contribution in [3.8, 4) is 0 Å². The quantitative estimate of drug-likeness (QED) is 0.620. The zero-order valence-electron chi connectivity index (χ0n) is 8.48. The summed E-state index contributed by atoms with van der Waals surface area (Å²) in [6.45, 7) is 2.51. The summed E-state index contributed by atoms with van der Waals surface area (Å²) in [7, 11) is 0. The van der Waals surface area contributed by atoms with E-state index >= 15 is 0 Å². The summed E-state index contributed by atoms with van der Waals surface area (Å²) in [5.74, 6) is 0.213. The Morgan fingerprint density at radius 2 is 1.93 bits per heavy atom. The molecule has 0 aliphatic rings. The van der Waals surface area contributed by atoms with E-state index in [1.165, 1.54) is 0 Å². The molecule has 3 heteroatoms. The molecule has 0 unspecified atom stereocenters. The Bertz CT molecular complexity index is 272. The third-order valence-corrected chi connectivity index (χ3v) is 2.34. The maximum absolute atomic E-state index is 10.0. The van der Waals surface area contributed by atoms with Crippen molar-refractivity contribution in [2.45, 2.75) is 19.1 Å². The van der Waals surface area contributed by atoms with E-state index in [0.717, 1.165) is 5.56 Å². The van der Waals surface area contributed by atoms with Crippen molar-refractivity contribution in [2.24, 2.45) is 17.4 Å². The van der Waals surface area contributed by atoms with Crippen molar-refractivity contribution < 1.29 is 5.11 Å². The van der Waals surface area contributed by atoms with Crippen LogP contribution in [0, 0.1) is 5.92 Å². The van der Waals surface area contributed by atoms with Gasteiger partial charge in [0, 0.05) is 0 Å². The lowest BCUT2D eigenvalue weighted by atomic mass is 9.93. The van der Waals surface area contributed by atoms with Gasteiger partial charge in [-0.25, -0.2) is 0 Å². The number of rotatable bonds is 4. The highest BCUT2D eigenvalue weighted by molar-refractivity contribution is 5.20. The first-order valence-electron chi connectivity index (χ1n) is 4.83. The maximum atomic E-state index is 10.0. The van der Waals surface area contributed by atoms with Crippen molar-refractivity contribution in [1.29, 1.82) is 0 Å². The van der Waals surface area contributed by atoms with Crippen molar-refractivity contribution in [2.75, 3.05) is 6.54 Å². The van der Waals surface area contributed by atoms with Crippen LogP contribution in [0.4, 0.5) is 0 Å². The van der Waals surface area contributed by atoms with Crippen LogP contribution in [0.25, 0.3) is 0 Å². The zero-order chi connectivity index (χ0) is 10.6.